The Kier molecular flexibility index (Phi) is 5.46. The maximum absolute atomic E-state index is 12.3. The lowest BCUT2D eigenvalue weighted by atomic mass is 10.2. The SMILES string of the molecule is CC(C)(C)OC(=O)NC[C@H](O)CS(=O)(=O)c1nc2ccccc2s1. The maximum Gasteiger partial charge on any atom is 0.407 e. The van der Waals surface area contributed by atoms with Gasteiger partial charge in [0.25, 0.3) is 0 Å². The number of aromatic nitrogens is 1. The second-order valence-electron chi connectivity index (χ2n) is 6.27. The number of aliphatic hydroxyl groups excluding tert-OH is 1. The number of nitrogens with zero attached hydrogens (tertiary/aromatic N) is 1. The summed E-state index contributed by atoms with van der Waals surface area (Å²) in [5, 5.41) is 12.2. The topological polar surface area (TPSA) is 106 Å². The molecule has 132 valence electrons. The van der Waals surface area contributed by atoms with E-state index < -0.39 is 33.4 Å². The van der Waals surface area contributed by atoms with Gasteiger partial charge in [-0.1, -0.05) is 12.1 Å². The number of sulfone groups is 1. The lowest BCUT2D eigenvalue weighted by Crippen LogP contribution is -2.39. The zero-order valence-electron chi connectivity index (χ0n) is 13.6. The zero-order chi connectivity index (χ0) is 18.0. The molecule has 2 N–H and O–H groups in total. The van der Waals surface area contributed by atoms with E-state index in [2.05, 4.69) is 10.3 Å². The van der Waals surface area contributed by atoms with Gasteiger partial charge in [-0.05, 0) is 32.9 Å². The van der Waals surface area contributed by atoms with Gasteiger partial charge in [-0.2, -0.15) is 0 Å². The number of nitrogens with one attached hydrogen (secondary N) is 1. The van der Waals surface area contributed by atoms with E-state index in [-0.39, 0.29) is 10.9 Å². The van der Waals surface area contributed by atoms with Crippen molar-refractivity contribution in [1.29, 1.82) is 0 Å². The van der Waals surface area contributed by atoms with Crippen LogP contribution in [0.25, 0.3) is 10.2 Å². The fraction of sp³-hybridized carbons (Fsp3) is 0.467. The minimum absolute atomic E-state index is 0.0416. The Bertz CT molecular complexity index is 791. The summed E-state index contributed by atoms with van der Waals surface area (Å²) in [6, 6.07) is 7.09. The molecule has 7 nitrogen and oxygen atoms in total. The molecule has 1 aromatic heterocycles. The number of alkyl carbamates (subject to hydrolysis) is 1. The van der Waals surface area contributed by atoms with Gasteiger partial charge in [0.2, 0.25) is 14.2 Å². The number of thiazole rings is 1. The number of carbonyl (C=O) groups is 1. The van der Waals surface area contributed by atoms with Gasteiger partial charge in [-0.25, -0.2) is 18.2 Å². The predicted octanol–water partition coefficient (Wildman–Crippen LogP) is 1.96. The van der Waals surface area contributed by atoms with Crippen molar-refractivity contribution in [2.24, 2.45) is 0 Å². The summed E-state index contributed by atoms with van der Waals surface area (Å²) in [4.78, 5) is 15.6. The molecular weight excluding hydrogens is 352 g/mol. The van der Waals surface area contributed by atoms with E-state index in [1.165, 1.54) is 0 Å². The molecule has 0 saturated heterocycles. The summed E-state index contributed by atoms with van der Waals surface area (Å²) in [5.74, 6) is -0.525. The number of ether oxygens (including phenoxy) is 1. The van der Waals surface area contributed by atoms with Crippen molar-refractivity contribution < 1.29 is 23.1 Å². The van der Waals surface area contributed by atoms with Gasteiger partial charge in [0.05, 0.1) is 22.1 Å². The highest BCUT2D eigenvalue weighted by Gasteiger charge is 2.24. The zero-order valence-corrected chi connectivity index (χ0v) is 15.3. The van der Waals surface area contributed by atoms with Crippen molar-refractivity contribution in [3.8, 4) is 0 Å². The third-order valence-electron chi connectivity index (χ3n) is 2.83. The number of benzene rings is 1. The molecular formula is C15H20N2O5S2. The Balaban J connectivity index is 1.97. The van der Waals surface area contributed by atoms with E-state index in [4.69, 9.17) is 4.74 Å². The van der Waals surface area contributed by atoms with E-state index in [1.807, 2.05) is 0 Å². The first-order chi connectivity index (χ1) is 11.1. The quantitative estimate of drug-likeness (QED) is 0.831. The maximum atomic E-state index is 12.3. The minimum Gasteiger partial charge on any atom is -0.444 e. The van der Waals surface area contributed by atoms with Crippen molar-refractivity contribution in [2.45, 2.75) is 36.8 Å². The summed E-state index contributed by atoms with van der Waals surface area (Å²) in [7, 11) is -3.74. The lowest BCUT2D eigenvalue weighted by Gasteiger charge is -2.20. The first kappa shape index (κ1) is 18.6. The van der Waals surface area contributed by atoms with Gasteiger partial charge in [-0.15, -0.1) is 11.3 Å². The molecule has 1 amide bonds. The molecule has 9 heteroatoms. The van der Waals surface area contributed by atoms with Crippen LogP contribution in [0.1, 0.15) is 20.8 Å². The number of aliphatic hydroxyl groups is 1. The van der Waals surface area contributed by atoms with Crippen LogP contribution in [-0.4, -0.2) is 48.6 Å². The van der Waals surface area contributed by atoms with Gasteiger partial charge in [-0.3, -0.25) is 0 Å². The molecule has 0 saturated carbocycles. The fourth-order valence-electron chi connectivity index (χ4n) is 1.88. The third-order valence-corrected chi connectivity index (χ3v) is 6.12. The highest BCUT2D eigenvalue weighted by Crippen LogP contribution is 2.26. The largest absolute Gasteiger partial charge is 0.444 e. The second kappa shape index (κ2) is 7.04. The smallest absolute Gasteiger partial charge is 0.407 e. The normalized spacial score (nSPS) is 13.7. The molecule has 0 aliphatic heterocycles. The Labute approximate surface area is 144 Å². The van der Waals surface area contributed by atoms with Gasteiger partial charge < -0.3 is 15.2 Å². The van der Waals surface area contributed by atoms with Crippen molar-refractivity contribution in [3.05, 3.63) is 24.3 Å². The lowest BCUT2D eigenvalue weighted by molar-refractivity contribution is 0.0498. The van der Waals surface area contributed by atoms with E-state index in [9.17, 15) is 18.3 Å². The number of rotatable bonds is 5. The molecule has 0 fully saturated rings. The van der Waals surface area contributed by atoms with Crippen molar-refractivity contribution in [1.82, 2.24) is 10.3 Å². The van der Waals surface area contributed by atoms with Crippen LogP contribution in [0.4, 0.5) is 4.79 Å². The summed E-state index contributed by atoms with van der Waals surface area (Å²) in [6.45, 7) is 4.90. The average Bonchev–Trinajstić information content (AvgIpc) is 2.88. The Morgan fingerprint density at radius 1 is 1.38 bits per heavy atom. The van der Waals surface area contributed by atoms with Gasteiger partial charge in [0.15, 0.2) is 0 Å². The summed E-state index contributed by atoms with van der Waals surface area (Å²) < 4.78 is 30.4. The molecule has 2 rings (SSSR count). The number of fused-ring (bicyclic) bond motifs is 1. The first-order valence-electron chi connectivity index (χ1n) is 7.30. The predicted molar refractivity (Wildman–Crippen MR) is 91.9 cm³/mol. The standard InChI is InChI=1S/C15H20N2O5S2/c1-15(2,3)22-13(19)16-8-10(18)9-24(20,21)14-17-11-6-4-5-7-12(11)23-14/h4-7,10,18H,8-9H2,1-3H3,(H,16,19)/t10-/m0/s1. The first-order valence-corrected chi connectivity index (χ1v) is 9.77. The summed E-state index contributed by atoms with van der Waals surface area (Å²) in [5.41, 5.74) is -0.0651. The van der Waals surface area contributed by atoms with Gasteiger partial charge in [0, 0.05) is 6.54 Å². The average molecular weight is 372 g/mol. The van der Waals surface area contributed by atoms with Gasteiger partial charge in [0.1, 0.15) is 5.60 Å². The summed E-state index contributed by atoms with van der Waals surface area (Å²) >= 11 is 1.06. The van der Waals surface area contributed by atoms with Crippen molar-refractivity contribution in [3.63, 3.8) is 0 Å². The van der Waals surface area contributed by atoms with E-state index >= 15 is 0 Å². The fourth-order valence-corrected chi connectivity index (χ4v) is 4.57. The molecule has 24 heavy (non-hydrogen) atoms. The molecule has 1 atom stereocenters. The number of hydrogen-bond donors (Lipinski definition) is 2. The van der Waals surface area contributed by atoms with E-state index in [0.717, 1.165) is 16.0 Å². The molecule has 0 unspecified atom stereocenters. The Morgan fingerprint density at radius 2 is 2.04 bits per heavy atom. The summed E-state index contributed by atoms with van der Waals surface area (Å²) in [6.07, 6.45) is -1.96. The highest BCUT2D eigenvalue weighted by atomic mass is 32.2. The Morgan fingerprint density at radius 3 is 2.67 bits per heavy atom. The number of amides is 1. The van der Waals surface area contributed by atoms with Crippen LogP contribution in [0.5, 0.6) is 0 Å². The molecule has 2 aromatic rings. The van der Waals surface area contributed by atoms with Crippen molar-refractivity contribution in [2.75, 3.05) is 12.3 Å². The highest BCUT2D eigenvalue weighted by molar-refractivity contribution is 7.93. The van der Waals surface area contributed by atoms with Crippen LogP contribution in [0.3, 0.4) is 0 Å². The van der Waals surface area contributed by atoms with Gasteiger partial charge >= 0.3 is 6.09 Å². The molecule has 1 aromatic carbocycles. The molecule has 0 aliphatic carbocycles. The van der Waals surface area contributed by atoms with Crippen LogP contribution < -0.4 is 5.32 Å². The minimum atomic E-state index is -3.74. The molecule has 0 radical (unpaired) electrons. The van der Waals surface area contributed by atoms with Crippen LogP contribution in [-0.2, 0) is 14.6 Å². The number of carbonyl (C=O) groups excluding carboxylic acids is 1. The van der Waals surface area contributed by atoms with E-state index in [0.29, 0.717) is 5.52 Å². The number of para-hydroxylation sites is 1. The van der Waals surface area contributed by atoms with Crippen LogP contribution in [0.15, 0.2) is 28.6 Å². The molecule has 1 heterocycles. The molecule has 0 bridgehead atoms. The monoisotopic (exact) mass is 372 g/mol. The number of hydrogen-bond acceptors (Lipinski definition) is 7. The van der Waals surface area contributed by atoms with Crippen molar-refractivity contribution >= 4 is 37.5 Å². The third kappa shape index (κ3) is 5.15. The van der Waals surface area contributed by atoms with E-state index in [1.54, 1.807) is 45.0 Å². The molecule has 0 spiro atoms. The molecule has 0 aliphatic rings. The second-order valence-corrected chi connectivity index (χ2v) is 9.50. The van der Waals surface area contributed by atoms with Crippen LogP contribution >= 0.6 is 11.3 Å². The van der Waals surface area contributed by atoms with Crippen LogP contribution in [0.2, 0.25) is 0 Å². The Hall–Kier alpha value is -1.71. The van der Waals surface area contributed by atoms with Crippen LogP contribution in [0, 0.1) is 0 Å².